The average molecular weight is 336 g/mol. The Kier molecular flexibility index (Phi) is 6.36. The van der Waals surface area contributed by atoms with Gasteiger partial charge >= 0.3 is 6.09 Å². The lowest BCUT2D eigenvalue weighted by Crippen LogP contribution is -2.44. The quantitative estimate of drug-likeness (QED) is 0.891. The van der Waals surface area contributed by atoms with Crippen molar-refractivity contribution < 1.29 is 14.3 Å². The second-order valence-corrected chi connectivity index (χ2v) is 6.92. The van der Waals surface area contributed by atoms with E-state index >= 15 is 0 Å². The minimum atomic E-state index is -0.454. The monoisotopic (exact) mass is 336 g/mol. The Morgan fingerprint density at radius 3 is 2.67 bits per heavy atom. The van der Waals surface area contributed by atoms with Gasteiger partial charge < -0.3 is 19.7 Å². The number of carbonyl (C=O) groups is 1. The lowest BCUT2D eigenvalue weighted by molar-refractivity contribution is 0.0210. The van der Waals surface area contributed by atoms with Gasteiger partial charge in [0.05, 0.1) is 12.3 Å². The predicted octanol–water partition coefficient (Wildman–Crippen LogP) is 2.82. The van der Waals surface area contributed by atoms with Gasteiger partial charge in [-0.2, -0.15) is 0 Å². The topological polar surface area (TPSA) is 76.6 Å². The van der Waals surface area contributed by atoms with Gasteiger partial charge in [0.25, 0.3) is 0 Å². The molecule has 2 rings (SSSR count). The van der Waals surface area contributed by atoms with Crippen molar-refractivity contribution in [3.8, 4) is 0 Å². The molecule has 0 radical (unpaired) electrons. The van der Waals surface area contributed by atoms with Gasteiger partial charge in [-0.1, -0.05) is 0 Å². The standard InChI is InChI=1S/C17H28N4O3/c1-5-23-11-14-10-15(19-12-18-14)20-13-6-8-21(9-7-13)16(22)24-17(2,3)4/h10,12-13H,5-9,11H2,1-4H3,(H,18,19,20). The number of nitrogens with zero attached hydrogens (tertiary/aromatic N) is 3. The molecule has 0 bridgehead atoms. The number of nitrogens with one attached hydrogen (secondary N) is 1. The van der Waals surface area contributed by atoms with Gasteiger partial charge in [-0.05, 0) is 40.5 Å². The maximum absolute atomic E-state index is 12.1. The molecule has 1 saturated heterocycles. The van der Waals surface area contributed by atoms with Crippen molar-refractivity contribution in [3.63, 3.8) is 0 Å². The summed E-state index contributed by atoms with van der Waals surface area (Å²) in [5.74, 6) is 0.801. The fourth-order valence-corrected chi connectivity index (χ4v) is 2.50. The molecule has 1 aromatic heterocycles. The Bertz CT molecular complexity index is 537. The van der Waals surface area contributed by atoms with Crippen LogP contribution < -0.4 is 5.32 Å². The molecular weight excluding hydrogens is 308 g/mol. The lowest BCUT2D eigenvalue weighted by Gasteiger charge is -2.33. The first-order valence-corrected chi connectivity index (χ1v) is 8.50. The number of ether oxygens (including phenoxy) is 2. The molecular formula is C17H28N4O3. The van der Waals surface area contributed by atoms with E-state index < -0.39 is 5.60 Å². The fourth-order valence-electron chi connectivity index (χ4n) is 2.50. The van der Waals surface area contributed by atoms with Crippen LogP contribution in [0.15, 0.2) is 12.4 Å². The summed E-state index contributed by atoms with van der Waals surface area (Å²) in [5, 5.41) is 3.42. The van der Waals surface area contributed by atoms with Crippen LogP contribution in [0, 0.1) is 0 Å². The predicted molar refractivity (Wildman–Crippen MR) is 91.8 cm³/mol. The molecule has 7 heteroatoms. The number of piperidine rings is 1. The molecule has 0 atom stereocenters. The molecule has 1 amide bonds. The number of rotatable bonds is 5. The molecule has 1 aromatic rings. The molecule has 0 spiro atoms. The largest absolute Gasteiger partial charge is 0.444 e. The summed E-state index contributed by atoms with van der Waals surface area (Å²) in [6, 6.07) is 2.20. The molecule has 134 valence electrons. The van der Waals surface area contributed by atoms with E-state index in [-0.39, 0.29) is 6.09 Å². The van der Waals surface area contributed by atoms with Crippen molar-refractivity contribution in [3.05, 3.63) is 18.1 Å². The third kappa shape index (κ3) is 5.96. The van der Waals surface area contributed by atoms with Crippen molar-refractivity contribution in [2.24, 2.45) is 0 Å². The van der Waals surface area contributed by atoms with E-state index in [1.54, 1.807) is 11.2 Å². The second-order valence-electron chi connectivity index (χ2n) is 6.92. The molecule has 0 saturated carbocycles. The summed E-state index contributed by atoms with van der Waals surface area (Å²) in [7, 11) is 0. The normalized spacial score (nSPS) is 16.1. The highest BCUT2D eigenvalue weighted by molar-refractivity contribution is 5.68. The van der Waals surface area contributed by atoms with E-state index in [0.717, 1.165) is 24.4 Å². The van der Waals surface area contributed by atoms with Gasteiger partial charge in [-0.3, -0.25) is 0 Å². The van der Waals surface area contributed by atoms with Crippen molar-refractivity contribution in [2.75, 3.05) is 25.0 Å². The van der Waals surface area contributed by atoms with Gasteiger partial charge in [0, 0.05) is 31.8 Å². The summed E-state index contributed by atoms with van der Waals surface area (Å²) < 4.78 is 10.8. The molecule has 1 N–H and O–H groups in total. The molecule has 0 aliphatic carbocycles. The number of hydrogen-bond acceptors (Lipinski definition) is 6. The van der Waals surface area contributed by atoms with Gasteiger partial charge in [-0.25, -0.2) is 14.8 Å². The van der Waals surface area contributed by atoms with E-state index in [4.69, 9.17) is 9.47 Å². The Morgan fingerprint density at radius 2 is 2.04 bits per heavy atom. The molecule has 1 aliphatic rings. The second kappa shape index (κ2) is 8.28. The van der Waals surface area contributed by atoms with E-state index in [9.17, 15) is 4.79 Å². The van der Waals surface area contributed by atoms with Crippen LogP contribution in [-0.2, 0) is 16.1 Å². The first-order chi connectivity index (χ1) is 11.4. The minimum Gasteiger partial charge on any atom is -0.444 e. The van der Waals surface area contributed by atoms with Crippen LogP contribution in [0.5, 0.6) is 0 Å². The van der Waals surface area contributed by atoms with E-state index in [1.165, 1.54) is 0 Å². The third-order valence-corrected chi connectivity index (χ3v) is 3.68. The van der Waals surface area contributed by atoms with Crippen LogP contribution in [0.3, 0.4) is 0 Å². The van der Waals surface area contributed by atoms with Crippen molar-refractivity contribution in [1.82, 2.24) is 14.9 Å². The van der Waals surface area contributed by atoms with Crippen LogP contribution >= 0.6 is 0 Å². The highest BCUT2D eigenvalue weighted by Crippen LogP contribution is 2.18. The number of hydrogen-bond donors (Lipinski definition) is 1. The van der Waals surface area contributed by atoms with Gasteiger partial charge in [0.15, 0.2) is 0 Å². The Balaban J connectivity index is 1.81. The first-order valence-electron chi connectivity index (χ1n) is 8.50. The van der Waals surface area contributed by atoms with Crippen molar-refractivity contribution >= 4 is 11.9 Å². The van der Waals surface area contributed by atoms with Crippen molar-refractivity contribution in [2.45, 2.75) is 58.8 Å². The molecule has 2 heterocycles. The third-order valence-electron chi connectivity index (χ3n) is 3.68. The first kappa shape index (κ1) is 18.4. The summed E-state index contributed by atoms with van der Waals surface area (Å²) in [4.78, 5) is 22.3. The van der Waals surface area contributed by atoms with Gasteiger partial charge in [-0.15, -0.1) is 0 Å². The van der Waals surface area contributed by atoms with Crippen LogP contribution in [-0.4, -0.2) is 52.3 Å². The number of anilines is 1. The van der Waals surface area contributed by atoms with E-state index in [1.807, 2.05) is 33.8 Å². The maximum Gasteiger partial charge on any atom is 0.410 e. The van der Waals surface area contributed by atoms with Crippen molar-refractivity contribution in [1.29, 1.82) is 0 Å². The zero-order chi connectivity index (χ0) is 17.6. The Hall–Kier alpha value is -1.89. The van der Waals surface area contributed by atoms with Crippen LogP contribution in [0.2, 0.25) is 0 Å². The highest BCUT2D eigenvalue weighted by Gasteiger charge is 2.26. The van der Waals surface area contributed by atoms with Crippen LogP contribution in [0.1, 0.15) is 46.2 Å². The zero-order valence-corrected chi connectivity index (χ0v) is 15.0. The fraction of sp³-hybridized carbons (Fsp3) is 0.706. The number of aromatic nitrogens is 2. The molecule has 24 heavy (non-hydrogen) atoms. The van der Waals surface area contributed by atoms with Gasteiger partial charge in [0.2, 0.25) is 0 Å². The molecule has 7 nitrogen and oxygen atoms in total. The smallest absolute Gasteiger partial charge is 0.410 e. The molecule has 1 fully saturated rings. The molecule has 0 aromatic carbocycles. The van der Waals surface area contributed by atoms with Crippen LogP contribution in [0.4, 0.5) is 10.6 Å². The Labute approximate surface area is 143 Å². The number of amides is 1. The Morgan fingerprint density at radius 1 is 1.33 bits per heavy atom. The summed E-state index contributed by atoms with van der Waals surface area (Å²) in [6.45, 7) is 10.1. The SMILES string of the molecule is CCOCc1cc(NC2CCN(C(=O)OC(C)(C)C)CC2)ncn1. The zero-order valence-electron chi connectivity index (χ0n) is 15.0. The minimum absolute atomic E-state index is 0.234. The number of carbonyl (C=O) groups excluding carboxylic acids is 1. The van der Waals surface area contributed by atoms with Gasteiger partial charge in [0.1, 0.15) is 17.7 Å². The summed E-state index contributed by atoms with van der Waals surface area (Å²) in [5.41, 5.74) is 0.407. The van der Waals surface area contributed by atoms with E-state index in [2.05, 4.69) is 15.3 Å². The lowest BCUT2D eigenvalue weighted by atomic mass is 10.1. The summed E-state index contributed by atoms with van der Waals surface area (Å²) >= 11 is 0. The molecule has 1 aliphatic heterocycles. The number of likely N-dealkylation sites (tertiary alicyclic amines) is 1. The molecule has 0 unspecified atom stereocenters. The highest BCUT2D eigenvalue weighted by atomic mass is 16.6. The van der Waals surface area contributed by atoms with Crippen LogP contribution in [0.25, 0.3) is 0 Å². The maximum atomic E-state index is 12.1. The summed E-state index contributed by atoms with van der Waals surface area (Å²) in [6.07, 6.45) is 3.04. The van der Waals surface area contributed by atoms with E-state index in [0.29, 0.717) is 32.3 Å². The average Bonchev–Trinajstić information content (AvgIpc) is 2.52.